The molecule has 118 valence electrons. The summed E-state index contributed by atoms with van der Waals surface area (Å²) in [5, 5.41) is 10.1. The van der Waals surface area contributed by atoms with Gasteiger partial charge >= 0.3 is 0 Å². The Morgan fingerprint density at radius 1 is 1.43 bits per heavy atom. The second-order valence-electron chi connectivity index (χ2n) is 5.45. The van der Waals surface area contributed by atoms with Crippen LogP contribution < -0.4 is 10.5 Å². The van der Waals surface area contributed by atoms with Crippen molar-refractivity contribution in [1.29, 1.82) is 0 Å². The van der Waals surface area contributed by atoms with E-state index in [1.165, 1.54) is 0 Å². The first-order valence-electron chi connectivity index (χ1n) is 7.38. The zero-order valence-electron chi connectivity index (χ0n) is 13.1. The maximum Gasteiger partial charge on any atom is 0.120 e. The fraction of sp³-hybridized carbons (Fsp3) is 0.562. The number of benzene rings is 1. The first-order valence-corrected chi connectivity index (χ1v) is 7.79. The number of aliphatic hydroxyl groups excluding tert-OH is 1. The van der Waals surface area contributed by atoms with E-state index >= 15 is 0 Å². The molecule has 0 aliphatic heterocycles. The molecule has 0 amide bonds. The Bertz CT molecular complexity index is 452. The van der Waals surface area contributed by atoms with Crippen LogP contribution >= 0.6 is 12.2 Å². The van der Waals surface area contributed by atoms with Gasteiger partial charge in [0.2, 0.25) is 0 Å². The minimum atomic E-state index is -0.521. The molecule has 3 N–H and O–H groups in total. The van der Waals surface area contributed by atoms with Crippen molar-refractivity contribution >= 4 is 17.2 Å². The second kappa shape index (κ2) is 8.97. The Hall–Kier alpha value is -1.17. The monoisotopic (exact) mass is 310 g/mol. The van der Waals surface area contributed by atoms with E-state index in [2.05, 4.69) is 25.7 Å². The van der Waals surface area contributed by atoms with Gasteiger partial charge < -0.3 is 15.6 Å². The van der Waals surface area contributed by atoms with Gasteiger partial charge in [-0.25, -0.2) is 0 Å². The number of rotatable bonds is 9. The number of thiocarbonyl (C=S) groups is 1. The lowest BCUT2D eigenvalue weighted by atomic mass is 10.2. The van der Waals surface area contributed by atoms with Gasteiger partial charge in [-0.2, -0.15) is 0 Å². The van der Waals surface area contributed by atoms with Crippen LogP contribution in [0.25, 0.3) is 0 Å². The minimum absolute atomic E-state index is 0.258. The van der Waals surface area contributed by atoms with Crippen LogP contribution in [-0.2, 0) is 0 Å². The second-order valence-corrected chi connectivity index (χ2v) is 5.89. The number of hydrogen-bond donors (Lipinski definition) is 2. The predicted molar refractivity (Wildman–Crippen MR) is 90.8 cm³/mol. The standard InChI is InChI=1S/C16H26N2O2S/c1-4-8-18(12(2)3)10-14(19)11-20-15-7-5-6-13(9-15)16(17)21/h5-7,9,12,14,19H,4,8,10-11H2,1-3H3,(H2,17,21). The van der Waals surface area contributed by atoms with Gasteiger partial charge in [-0.1, -0.05) is 31.3 Å². The molecule has 0 saturated carbocycles. The summed E-state index contributed by atoms with van der Waals surface area (Å²) in [6, 6.07) is 7.72. The summed E-state index contributed by atoms with van der Waals surface area (Å²) in [6.07, 6.45) is 0.550. The normalized spacial score (nSPS) is 12.7. The van der Waals surface area contributed by atoms with E-state index in [1.807, 2.05) is 18.2 Å². The topological polar surface area (TPSA) is 58.7 Å². The van der Waals surface area contributed by atoms with Crippen molar-refractivity contribution in [3.8, 4) is 5.75 Å². The molecular weight excluding hydrogens is 284 g/mol. The Morgan fingerprint density at radius 2 is 2.14 bits per heavy atom. The van der Waals surface area contributed by atoms with E-state index in [-0.39, 0.29) is 6.61 Å². The summed E-state index contributed by atoms with van der Waals surface area (Å²) in [7, 11) is 0. The maximum atomic E-state index is 10.1. The van der Waals surface area contributed by atoms with Gasteiger partial charge in [-0.15, -0.1) is 0 Å². The third-order valence-electron chi connectivity index (χ3n) is 3.25. The van der Waals surface area contributed by atoms with E-state index < -0.39 is 6.10 Å². The van der Waals surface area contributed by atoms with Crippen molar-refractivity contribution in [2.45, 2.75) is 39.3 Å². The molecule has 0 radical (unpaired) electrons. The van der Waals surface area contributed by atoms with Crippen LogP contribution in [0.1, 0.15) is 32.8 Å². The van der Waals surface area contributed by atoms with Gasteiger partial charge in [0.15, 0.2) is 0 Å². The number of nitrogens with two attached hydrogens (primary N) is 1. The fourth-order valence-corrected chi connectivity index (χ4v) is 2.23. The fourth-order valence-electron chi connectivity index (χ4n) is 2.10. The molecule has 0 aliphatic rings. The van der Waals surface area contributed by atoms with Crippen LogP contribution in [0.3, 0.4) is 0 Å². The van der Waals surface area contributed by atoms with Gasteiger partial charge in [0.1, 0.15) is 23.4 Å². The lowest BCUT2D eigenvalue weighted by Crippen LogP contribution is -2.40. The molecule has 0 bridgehead atoms. The Labute approximate surface area is 132 Å². The first-order chi connectivity index (χ1) is 9.93. The smallest absolute Gasteiger partial charge is 0.120 e. The molecule has 1 aromatic carbocycles. The third-order valence-corrected chi connectivity index (χ3v) is 3.48. The van der Waals surface area contributed by atoms with E-state index in [9.17, 15) is 5.11 Å². The highest BCUT2D eigenvalue weighted by molar-refractivity contribution is 7.80. The van der Waals surface area contributed by atoms with Crippen molar-refractivity contribution in [2.75, 3.05) is 19.7 Å². The Kier molecular flexibility index (Phi) is 7.64. The van der Waals surface area contributed by atoms with Crippen molar-refractivity contribution in [2.24, 2.45) is 5.73 Å². The molecule has 0 aliphatic carbocycles. The number of nitrogens with zero attached hydrogens (tertiary/aromatic N) is 1. The summed E-state index contributed by atoms with van der Waals surface area (Å²) < 4.78 is 5.63. The largest absolute Gasteiger partial charge is 0.491 e. The molecule has 0 heterocycles. The summed E-state index contributed by atoms with van der Waals surface area (Å²) in [5.41, 5.74) is 6.36. The van der Waals surface area contributed by atoms with Crippen molar-refractivity contribution in [1.82, 2.24) is 4.90 Å². The molecule has 0 spiro atoms. The Balaban J connectivity index is 2.50. The van der Waals surface area contributed by atoms with Crippen molar-refractivity contribution in [3.63, 3.8) is 0 Å². The molecule has 4 nitrogen and oxygen atoms in total. The molecule has 0 saturated heterocycles. The average Bonchev–Trinajstić information content (AvgIpc) is 2.45. The molecule has 1 rings (SSSR count). The van der Waals surface area contributed by atoms with Crippen LogP contribution in [0.5, 0.6) is 5.75 Å². The highest BCUT2D eigenvalue weighted by Crippen LogP contribution is 2.14. The number of aliphatic hydroxyl groups is 1. The average molecular weight is 310 g/mol. The van der Waals surface area contributed by atoms with Crippen molar-refractivity contribution < 1.29 is 9.84 Å². The quantitative estimate of drug-likeness (QED) is 0.685. The molecule has 1 atom stereocenters. The van der Waals surface area contributed by atoms with E-state index in [4.69, 9.17) is 22.7 Å². The summed E-state index contributed by atoms with van der Waals surface area (Å²) in [4.78, 5) is 2.59. The first kappa shape index (κ1) is 17.9. The molecule has 1 unspecified atom stereocenters. The highest BCUT2D eigenvalue weighted by atomic mass is 32.1. The lowest BCUT2D eigenvalue weighted by Gasteiger charge is -2.28. The van der Waals surface area contributed by atoms with E-state index in [0.717, 1.165) is 18.5 Å². The van der Waals surface area contributed by atoms with Gasteiger partial charge in [0.05, 0.1) is 0 Å². The number of ether oxygens (including phenoxy) is 1. The highest BCUT2D eigenvalue weighted by Gasteiger charge is 2.14. The van der Waals surface area contributed by atoms with Crippen molar-refractivity contribution in [3.05, 3.63) is 29.8 Å². The molecule has 0 fully saturated rings. The molecular formula is C16H26N2O2S. The van der Waals surface area contributed by atoms with Crippen LogP contribution in [0.2, 0.25) is 0 Å². The zero-order chi connectivity index (χ0) is 15.8. The molecule has 21 heavy (non-hydrogen) atoms. The van der Waals surface area contributed by atoms with Crippen LogP contribution in [0.15, 0.2) is 24.3 Å². The van der Waals surface area contributed by atoms with Gasteiger partial charge in [-0.3, -0.25) is 4.90 Å². The SMILES string of the molecule is CCCN(CC(O)COc1cccc(C(N)=S)c1)C(C)C. The lowest BCUT2D eigenvalue weighted by molar-refractivity contribution is 0.0575. The Morgan fingerprint density at radius 3 is 2.71 bits per heavy atom. The summed E-state index contributed by atoms with van der Waals surface area (Å²) in [6.45, 7) is 8.25. The van der Waals surface area contributed by atoms with Crippen LogP contribution in [-0.4, -0.2) is 46.8 Å². The summed E-state index contributed by atoms with van der Waals surface area (Å²) in [5.74, 6) is 0.672. The predicted octanol–water partition coefficient (Wildman–Crippen LogP) is 2.18. The number of hydrogen-bond acceptors (Lipinski definition) is 4. The van der Waals surface area contributed by atoms with Gasteiger partial charge in [-0.05, 0) is 38.9 Å². The summed E-state index contributed by atoms with van der Waals surface area (Å²) >= 11 is 4.94. The maximum absolute atomic E-state index is 10.1. The molecule has 1 aromatic rings. The van der Waals surface area contributed by atoms with Gasteiger partial charge in [0, 0.05) is 18.2 Å². The van der Waals surface area contributed by atoms with Gasteiger partial charge in [0.25, 0.3) is 0 Å². The van der Waals surface area contributed by atoms with Crippen LogP contribution in [0.4, 0.5) is 0 Å². The molecule has 5 heteroatoms. The van der Waals surface area contributed by atoms with E-state index in [0.29, 0.717) is 23.3 Å². The third kappa shape index (κ3) is 6.42. The minimum Gasteiger partial charge on any atom is -0.491 e. The van der Waals surface area contributed by atoms with Crippen LogP contribution in [0, 0.1) is 0 Å². The molecule has 0 aromatic heterocycles. The zero-order valence-corrected chi connectivity index (χ0v) is 13.9. The van der Waals surface area contributed by atoms with E-state index in [1.54, 1.807) is 6.07 Å².